The lowest BCUT2D eigenvalue weighted by molar-refractivity contribution is 1.03. The molecule has 1 aliphatic rings. The van der Waals surface area contributed by atoms with Crippen LogP contribution in [0.1, 0.15) is 41.0 Å². The van der Waals surface area contributed by atoms with Crippen LogP contribution in [-0.4, -0.2) is 0 Å². The molecule has 3 rings (SSSR count). The number of rotatable bonds is 4. The molecule has 0 atom stereocenters. The SMILES string of the molecule is Cc1ccc(C#N)cc1NCc1ccccc1C1CC1. The van der Waals surface area contributed by atoms with Crippen LogP contribution in [0.2, 0.25) is 0 Å². The third-order valence-corrected chi connectivity index (χ3v) is 3.91. The summed E-state index contributed by atoms with van der Waals surface area (Å²) in [4.78, 5) is 0. The molecule has 0 bridgehead atoms. The minimum absolute atomic E-state index is 0.702. The minimum atomic E-state index is 0.702. The van der Waals surface area contributed by atoms with Crippen LogP contribution >= 0.6 is 0 Å². The summed E-state index contributed by atoms with van der Waals surface area (Å²) in [6.45, 7) is 2.89. The van der Waals surface area contributed by atoms with Crippen molar-refractivity contribution < 1.29 is 0 Å². The molecule has 0 radical (unpaired) electrons. The van der Waals surface area contributed by atoms with Gasteiger partial charge in [0.05, 0.1) is 11.6 Å². The van der Waals surface area contributed by atoms with E-state index in [-0.39, 0.29) is 0 Å². The van der Waals surface area contributed by atoms with Crippen LogP contribution in [0, 0.1) is 18.3 Å². The fourth-order valence-electron chi connectivity index (χ4n) is 2.56. The van der Waals surface area contributed by atoms with Crippen molar-refractivity contribution in [2.24, 2.45) is 0 Å². The molecule has 0 spiro atoms. The van der Waals surface area contributed by atoms with Crippen molar-refractivity contribution >= 4 is 5.69 Å². The van der Waals surface area contributed by atoms with Gasteiger partial charge in [-0.3, -0.25) is 0 Å². The quantitative estimate of drug-likeness (QED) is 0.888. The zero-order valence-electron chi connectivity index (χ0n) is 11.7. The van der Waals surface area contributed by atoms with E-state index in [1.807, 2.05) is 18.2 Å². The van der Waals surface area contributed by atoms with Crippen LogP contribution < -0.4 is 5.32 Å². The number of nitrogens with one attached hydrogen (secondary N) is 1. The van der Waals surface area contributed by atoms with Gasteiger partial charge < -0.3 is 5.32 Å². The Balaban J connectivity index is 1.78. The van der Waals surface area contributed by atoms with Crippen LogP contribution in [0.25, 0.3) is 0 Å². The molecule has 0 heterocycles. The second-order valence-corrected chi connectivity index (χ2v) is 5.47. The van der Waals surface area contributed by atoms with Crippen LogP contribution in [-0.2, 0) is 6.54 Å². The summed E-state index contributed by atoms with van der Waals surface area (Å²) < 4.78 is 0. The van der Waals surface area contributed by atoms with Gasteiger partial charge in [0.1, 0.15) is 0 Å². The minimum Gasteiger partial charge on any atom is -0.381 e. The molecule has 0 unspecified atom stereocenters. The summed E-state index contributed by atoms with van der Waals surface area (Å²) >= 11 is 0. The molecule has 1 fully saturated rings. The predicted octanol–water partition coefficient (Wildman–Crippen LogP) is 4.36. The van der Waals surface area contributed by atoms with E-state index in [2.05, 4.69) is 42.6 Å². The largest absolute Gasteiger partial charge is 0.381 e. The first-order valence-electron chi connectivity index (χ1n) is 7.10. The first-order chi connectivity index (χ1) is 9.78. The summed E-state index contributed by atoms with van der Waals surface area (Å²) in [6.07, 6.45) is 2.64. The number of nitriles is 1. The fraction of sp³-hybridized carbons (Fsp3) is 0.278. The van der Waals surface area contributed by atoms with Gasteiger partial charge in [0.25, 0.3) is 0 Å². The molecule has 1 saturated carbocycles. The van der Waals surface area contributed by atoms with Crippen molar-refractivity contribution in [1.29, 1.82) is 5.26 Å². The molecule has 1 N–H and O–H groups in total. The second kappa shape index (κ2) is 5.38. The van der Waals surface area contributed by atoms with E-state index in [0.717, 1.165) is 18.2 Å². The summed E-state index contributed by atoms with van der Waals surface area (Å²) in [6, 6.07) is 16.6. The molecule has 2 aromatic carbocycles. The topological polar surface area (TPSA) is 35.8 Å². The monoisotopic (exact) mass is 262 g/mol. The van der Waals surface area contributed by atoms with Gasteiger partial charge >= 0.3 is 0 Å². The zero-order valence-corrected chi connectivity index (χ0v) is 11.7. The van der Waals surface area contributed by atoms with E-state index in [1.165, 1.54) is 29.5 Å². The highest BCUT2D eigenvalue weighted by molar-refractivity contribution is 5.55. The number of aryl methyl sites for hydroxylation is 1. The van der Waals surface area contributed by atoms with Crippen molar-refractivity contribution in [2.75, 3.05) is 5.32 Å². The van der Waals surface area contributed by atoms with E-state index >= 15 is 0 Å². The highest BCUT2D eigenvalue weighted by Crippen LogP contribution is 2.41. The van der Waals surface area contributed by atoms with Crippen molar-refractivity contribution in [3.63, 3.8) is 0 Å². The molecular weight excluding hydrogens is 244 g/mol. The van der Waals surface area contributed by atoms with Gasteiger partial charge in [-0.15, -0.1) is 0 Å². The van der Waals surface area contributed by atoms with Crippen LogP contribution in [0.15, 0.2) is 42.5 Å². The number of hydrogen-bond donors (Lipinski definition) is 1. The summed E-state index contributed by atoms with van der Waals surface area (Å²) in [5.41, 5.74) is 5.78. The van der Waals surface area contributed by atoms with E-state index in [9.17, 15) is 0 Å². The van der Waals surface area contributed by atoms with Gasteiger partial charge in [-0.05, 0) is 54.5 Å². The highest BCUT2D eigenvalue weighted by atomic mass is 14.9. The van der Waals surface area contributed by atoms with Crippen LogP contribution in [0.3, 0.4) is 0 Å². The van der Waals surface area contributed by atoms with E-state index < -0.39 is 0 Å². The lowest BCUT2D eigenvalue weighted by atomic mass is 10.0. The smallest absolute Gasteiger partial charge is 0.0992 e. The number of hydrogen-bond acceptors (Lipinski definition) is 2. The normalized spacial score (nSPS) is 13.8. The standard InChI is InChI=1S/C18H18N2/c1-13-6-7-14(11-19)10-18(13)20-12-16-4-2-3-5-17(16)15-8-9-15/h2-7,10,15,20H,8-9,12H2,1H3. The first-order valence-corrected chi connectivity index (χ1v) is 7.10. The highest BCUT2D eigenvalue weighted by Gasteiger charge is 2.25. The maximum Gasteiger partial charge on any atom is 0.0992 e. The molecule has 0 aromatic heterocycles. The summed E-state index contributed by atoms with van der Waals surface area (Å²) in [7, 11) is 0. The maximum absolute atomic E-state index is 8.99. The Morgan fingerprint density at radius 3 is 2.75 bits per heavy atom. The maximum atomic E-state index is 8.99. The Morgan fingerprint density at radius 1 is 1.20 bits per heavy atom. The van der Waals surface area contributed by atoms with Gasteiger partial charge in [-0.2, -0.15) is 5.26 Å². The van der Waals surface area contributed by atoms with Gasteiger partial charge in [0.15, 0.2) is 0 Å². The third-order valence-electron chi connectivity index (χ3n) is 3.91. The summed E-state index contributed by atoms with van der Waals surface area (Å²) in [5, 5.41) is 12.5. The lowest BCUT2D eigenvalue weighted by Crippen LogP contribution is -2.04. The Morgan fingerprint density at radius 2 is 2.00 bits per heavy atom. The Labute approximate surface area is 120 Å². The number of nitrogens with zero attached hydrogens (tertiary/aromatic N) is 1. The average molecular weight is 262 g/mol. The molecule has 0 aliphatic heterocycles. The van der Waals surface area contributed by atoms with E-state index in [1.54, 1.807) is 0 Å². The number of anilines is 1. The second-order valence-electron chi connectivity index (χ2n) is 5.47. The van der Waals surface area contributed by atoms with Gasteiger partial charge in [-0.25, -0.2) is 0 Å². The van der Waals surface area contributed by atoms with E-state index in [0.29, 0.717) is 5.56 Å². The fourth-order valence-corrected chi connectivity index (χ4v) is 2.56. The zero-order chi connectivity index (χ0) is 13.9. The van der Waals surface area contributed by atoms with Gasteiger partial charge in [0, 0.05) is 12.2 Å². The van der Waals surface area contributed by atoms with Gasteiger partial charge in [0.2, 0.25) is 0 Å². The van der Waals surface area contributed by atoms with Crippen molar-refractivity contribution in [3.8, 4) is 6.07 Å². The molecule has 1 aliphatic carbocycles. The molecule has 2 aromatic rings. The van der Waals surface area contributed by atoms with Crippen molar-refractivity contribution in [3.05, 3.63) is 64.7 Å². The Kier molecular flexibility index (Phi) is 3.43. The van der Waals surface area contributed by atoms with Crippen LogP contribution in [0.5, 0.6) is 0 Å². The molecule has 0 amide bonds. The average Bonchev–Trinajstić information content (AvgIpc) is 3.31. The van der Waals surface area contributed by atoms with Crippen LogP contribution in [0.4, 0.5) is 5.69 Å². The Hall–Kier alpha value is -2.27. The molecular formula is C18H18N2. The lowest BCUT2D eigenvalue weighted by Gasteiger charge is -2.13. The first kappa shape index (κ1) is 12.7. The molecule has 100 valence electrons. The van der Waals surface area contributed by atoms with E-state index in [4.69, 9.17) is 5.26 Å². The third kappa shape index (κ3) is 2.67. The number of benzene rings is 2. The molecule has 2 heteroatoms. The molecule has 20 heavy (non-hydrogen) atoms. The van der Waals surface area contributed by atoms with Gasteiger partial charge in [-0.1, -0.05) is 30.3 Å². The van der Waals surface area contributed by atoms with Crippen molar-refractivity contribution in [2.45, 2.75) is 32.2 Å². The van der Waals surface area contributed by atoms with Crippen molar-refractivity contribution in [1.82, 2.24) is 0 Å². The predicted molar refractivity (Wildman–Crippen MR) is 81.6 cm³/mol. The molecule has 2 nitrogen and oxygen atoms in total. The summed E-state index contributed by atoms with van der Waals surface area (Å²) in [5.74, 6) is 0.763. The molecule has 0 saturated heterocycles. The Bertz CT molecular complexity index is 663.